The topological polar surface area (TPSA) is 62.0 Å². The van der Waals surface area contributed by atoms with Crippen molar-refractivity contribution in [1.29, 1.82) is 0 Å². The van der Waals surface area contributed by atoms with Gasteiger partial charge in [0.25, 0.3) is 0 Å². The van der Waals surface area contributed by atoms with E-state index in [4.69, 9.17) is 0 Å². The van der Waals surface area contributed by atoms with Crippen LogP contribution < -0.4 is 5.32 Å². The quantitative estimate of drug-likeness (QED) is 0.784. The Bertz CT molecular complexity index is 572. The van der Waals surface area contributed by atoms with Crippen LogP contribution in [0.2, 0.25) is 0 Å². The molecular weight excluding hydrogens is 228 g/mol. The fourth-order valence-corrected chi connectivity index (χ4v) is 2.03. The van der Waals surface area contributed by atoms with E-state index in [1.54, 1.807) is 0 Å². The molecule has 2 aromatic rings. The molecule has 1 heterocycles. The van der Waals surface area contributed by atoms with Crippen LogP contribution in [0.1, 0.15) is 18.1 Å². The zero-order chi connectivity index (χ0) is 13.0. The molecule has 0 aliphatic rings. The third kappa shape index (κ3) is 2.77. The summed E-state index contributed by atoms with van der Waals surface area (Å²) < 4.78 is 0. The normalized spacial score (nSPS) is 10.5. The molecule has 94 valence electrons. The highest BCUT2D eigenvalue weighted by Gasteiger charge is 2.04. The van der Waals surface area contributed by atoms with Crippen molar-refractivity contribution in [3.8, 4) is 0 Å². The van der Waals surface area contributed by atoms with Crippen LogP contribution in [0.4, 0.5) is 0 Å². The summed E-state index contributed by atoms with van der Waals surface area (Å²) in [4.78, 5) is 24.5. The SMILES string of the molecule is CC(=O)NCCc1c[nH]c2ccc(CC=O)cc12. The van der Waals surface area contributed by atoms with E-state index in [1.807, 2.05) is 24.4 Å². The number of amides is 1. The van der Waals surface area contributed by atoms with Gasteiger partial charge in [-0.1, -0.05) is 6.07 Å². The van der Waals surface area contributed by atoms with Crippen LogP contribution in [-0.2, 0) is 22.4 Å². The Labute approximate surface area is 105 Å². The van der Waals surface area contributed by atoms with E-state index in [1.165, 1.54) is 6.92 Å². The molecule has 0 aliphatic carbocycles. The van der Waals surface area contributed by atoms with Gasteiger partial charge in [0.15, 0.2) is 0 Å². The lowest BCUT2D eigenvalue weighted by atomic mass is 10.1. The predicted octanol–water partition coefficient (Wildman–Crippen LogP) is 1.59. The smallest absolute Gasteiger partial charge is 0.216 e. The first-order valence-electron chi connectivity index (χ1n) is 5.97. The van der Waals surface area contributed by atoms with Crippen LogP contribution in [-0.4, -0.2) is 23.7 Å². The molecule has 0 aliphatic heterocycles. The maximum absolute atomic E-state index is 10.8. The molecule has 1 aromatic carbocycles. The largest absolute Gasteiger partial charge is 0.361 e. The Kier molecular flexibility index (Phi) is 3.77. The fraction of sp³-hybridized carbons (Fsp3) is 0.286. The summed E-state index contributed by atoms with van der Waals surface area (Å²) in [6.07, 6.45) is 4.08. The Morgan fingerprint density at radius 1 is 1.44 bits per heavy atom. The average Bonchev–Trinajstić information content (AvgIpc) is 2.72. The van der Waals surface area contributed by atoms with Gasteiger partial charge in [0.1, 0.15) is 6.29 Å². The van der Waals surface area contributed by atoms with Gasteiger partial charge in [-0.15, -0.1) is 0 Å². The minimum atomic E-state index is -0.0171. The lowest BCUT2D eigenvalue weighted by Gasteiger charge is -2.02. The second-order valence-electron chi connectivity index (χ2n) is 4.30. The number of rotatable bonds is 5. The number of hydrogen-bond acceptors (Lipinski definition) is 2. The van der Waals surface area contributed by atoms with Crippen molar-refractivity contribution in [2.24, 2.45) is 0 Å². The molecular formula is C14H16N2O2. The summed E-state index contributed by atoms with van der Waals surface area (Å²) in [5, 5.41) is 3.90. The summed E-state index contributed by atoms with van der Waals surface area (Å²) in [6.45, 7) is 2.14. The molecule has 1 amide bonds. The number of aromatic nitrogens is 1. The molecule has 0 unspecified atom stereocenters. The van der Waals surface area contributed by atoms with Gasteiger partial charge in [0, 0.05) is 37.0 Å². The third-order valence-electron chi connectivity index (χ3n) is 2.92. The molecule has 4 nitrogen and oxygen atoms in total. The summed E-state index contributed by atoms with van der Waals surface area (Å²) in [7, 11) is 0. The standard InChI is InChI=1S/C14H16N2O2/c1-10(18)15-6-4-12-9-16-14-3-2-11(5-7-17)8-13(12)14/h2-3,7-9,16H,4-6H2,1H3,(H,15,18). The molecule has 18 heavy (non-hydrogen) atoms. The number of aldehydes is 1. The van der Waals surface area contributed by atoms with Crippen molar-refractivity contribution >= 4 is 23.1 Å². The lowest BCUT2D eigenvalue weighted by Crippen LogP contribution is -2.22. The maximum Gasteiger partial charge on any atom is 0.216 e. The highest BCUT2D eigenvalue weighted by atomic mass is 16.1. The Balaban J connectivity index is 2.19. The van der Waals surface area contributed by atoms with Gasteiger partial charge in [-0.2, -0.15) is 0 Å². The van der Waals surface area contributed by atoms with E-state index < -0.39 is 0 Å². The lowest BCUT2D eigenvalue weighted by molar-refractivity contribution is -0.118. The molecule has 0 saturated carbocycles. The molecule has 0 spiro atoms. The highest BCUT2D eigenvalue weighted by molar-refractivity contribution is 5.84. The van der Waals surface area contributed by atoms with Gasteiger partial charge in [0.2, 0.25) is 5.91 Å². The van der Waals surface area contributed by atoms with Crippen molar-refractivity contribution in [2.45, 2.75) is 19.8 Å². The summed E-state index contributed by atoms with van der Waals surface area (Å²) in [5.41, 5.74) is 3.23. The van der Waals surface area contributed by atoms with E-state index in [-0.39, 0.29) is 5.91 Å². The predicted molar refractivity (Wildman–Crippen MR) is 70.5 cm³/mol. The van der Waals surface area contributed by atoms with Crippen LogP contribution in [0.25, 0.3) is 10.9 Å². The highest BCUT2D eigenvalue weighted by Crippen LogP contribution is 2.20. The number of carbonyl (C=O) groups is 2. The number of aromatic amines is 1. The van der Waals surface area contributed by atoms with Gasteiger partial charge in [0.05, 0.1) is 0 Å². The van der Waals surface area contributed by atoms with Crippen LogP contribution >= 0.6 is 0 Å². The van der Waals surface area contributed by atoms with Crippen LogP contribution in [0.15, 0.2) is 24.4 Å². The first-order chi connectivity index (χ1) is 8.70. The fourth-order valence-electron chi connectivity index (χ4n) is 2.03. The average molecular weight is 244 g/mol. The number of carbonyl (C=O) groups excluding carboxylic acids is 2. The van der Waals surface area contributed by atoms with Gasteiger partial charge in [-0.3, -0.25) is 4.79 Å². The van der Waals surface area contributed by atoms with Gasteiger partial charge in [-0.05, 0) is 29.7 Å². The Morgan fingerprint density at radius 3 is 3.00 bits per heavy atom. The van der Waals surface area contributed by atoms with E-state index >= 15 is 0 Å². The van der Waals surface area contributed by atoms with E-state index in [0.29, 0.717) is 13.0 Å². The van der Waals surface area contributed by atoms with Crippen molar-refractivity contribution in [2.75, 3.05) is 6.54 Å². The molecule has 2 N–H and O–H groups in total. The van der Waals surface area contributed by atoms with Crippen molar-refractivity contribution < 1.29 is 9.59 Å². The molecule has 0 atom stereocenters. The Hall–Kier alpha value is -2.10. The zero-order valence-electron chi connectivity index (χ0n) is 10.3. The van der Waals surface area contributed by atoms with E-state index in [2.05, 4.69) is 10.3 Å². The summed E-state index contributed by atoms with van der Waals surface area (Å²) in [6, 6.07) is 5.96. The molecule has 0 bridgehead atoms. The minimum absolute atomic E-state index is 0.0171. The van der Waals surface area contributed by atoms with Crippen molar-refractivity contribution in [1.82, 2.24) is 10.3 Å². The number of fused-ring (bicyclic) bond motifs is 1. The number of hydrogen-bond donors (Lipinski definition) is 2. The van der Waals surface area contributed by atoms with Crippen LogP contribution in [0.3, 0.4) is 0 Å². The summed E-state index contributed by atoms with van der Waals surface area (Å²) in [5.74, 6) is -0.0171. The second kappa shape index (κ2) is 5.49. The Morgan fingerprint density at radius 2 is 2.28 bits per heavy atom. The molecule has 2 rings (SSSR count). The molecule has 0 saturated heterocycles. The van der Waals surface area contributed by atoms with E-state index in [9.17, 15) is 9.59 Å². The van der Waals surface area contributed by atoms with Crippen LogP contribution in [0.5, 0.6) is 0 Å². The van der Waals surface area contributed by atoms with Crippen molar-refractivity contribution in [3.05, 3.63) is 35.5 Å². The first-order valence-corrected chi connectivity index (χ1v) is 5.97. The molecule has 0 fully saturated rings. The first kappa shape index (κ1) is 12.4. The van der Waals surface area contributed by atoms with E-state index in [0.717, 1.165) is 34.7 Å². The molecule has 0 radical (unpaired) electrons. The van der Waals surface area contributed by atoms with Crippen LogP contribution in [0, 0.1) is 0 Å². The molecule has 4 heteroatoms. The zero-order valence-corrected chi connectivity index (χ0v) is 10.3. The monoisotopic (exact) mass is 244 g/mol. The number of H-pyrrole nitrogens is 1. The second-order valence-corrected chi connectivity index (χ2v) is 4.30. The van der Waals surface area contributed by atoms with Gasteiger partial charge >= 0.3 is 0 Å². The summed E-state index contributed by atoms with van der Waals surface area (Å²) >= 11 is 0. The number of benzene rings is 1. The molecule has 1 aromatic heterocycles. The minimum Gasteiger partial charge on any atom is -0.361 e. The van der Waals surface area contributed by atoms with Gasteiger partial charge in [-0.25, -0.2) is 0 Å². The van der Waals surface area contributed by atoms with Crippen molar-refractivity contribution in [3.63, 3.8) is 0 Å². The third-order valence-corrected chi connectivity index (χ3v) is 2.92. The van der Waals surface area contributed by atoms with Gasteiger partial charge < -0.3 is 15.1 Å². The number of nitrogens with one attached hydrogen (secondary N) is 2. The maximum atomic E-state index is 10.8.